The number of unbranched alkanes of at least 4 members (excludes halogenated alkanes) is 2. The predicted molar refractivity (Wildman–Crippen MR) is 73.1 cm³/mol. The highest BCUT2D eigenvalue weighted by Crippen LogP contribution is 2.12. The number of nitrogens with one attached hydrogen (secondary N) is 1. The van der Waals surface area contributed by atoms with Gasteiger partial charge in [0.15, 0.2) is 0 Å². The second-order valence-corrected chi connectivity index (χ2v) is 6.67. The van der Waals surface area contributed by atoms with E-state index in [4.69, 9.17) is 5.11 Å². The Hall–Kier alpha value is -0.660. The number of hydrogen-bond donors (Lipinski definition) is 2. The van der Waals surface area contributed by atoms with Gasteiger partial charge in [0, 0.05) is 26.1 Å². The molecule has 0 aromatic heterocycles. The summed E-state index contributed by atoms with van der Waals surface area (Å²) in [7, 11) is -3.34. The van der Waals surface area contributed by atoms with Crippen LogP contribution in [0.25, 0.3) is 0 Å². The lowest BCUT2D eigenvalue weighted by Crippen LogP contribution is -2.41. The van der Waals surface area contributed by atoms with E-state index in [9.17, 15) is 13.2 Å². The first-order valence-corrected chi connectivity index (χ1v) is 8.43. The van der Waals surface area contributed by atoms with Crippen LogP contribution in [0.15, 0.2) is 0 Å². The van der Waals surface area contributed by atoms with Crippen LogP contribution in [0.5, 0.6) is 0 Å². The zero-order chi connectivity index (χ0) is 14.1. The van der Waals surface area contributed by atoms with Gasteiger partial charge in [-0.2, -0.15) is 12.7 Å². The molecule has 0 saturated carbocycles. The fraction of sp³-hybridized carbons (Fsp3) is 0.917. The second-order valence-electron chi connectivity index (χ2n) is 4.92. The Morgan fingerprint density at radius 1 is 1.05 bits per heavy atom. The van der Waals surface area contributed by atoms with Crippen molar-refractivity contribution in [1.82, 2.24) is 9.03 Å². The average molecular weight is 292 g/mol. The molecule has 7 heteroatoms. The molecule has 1 aliphatic rings. The van der Waals surface area contributed by atoms with Gasteiger partial charge in [-0.15, -0.1) is 0 Å². The molecule has 0 aromatic carbocycles. The highest BCUT2D eigenvalue weighted by atomic mass is 32.2. The van der Waals surface area contributed by atoms with Crippen LogP contribution < -0.4 is 4.72 Å². The van der Waals surface area contributed by atoms with E-state index in [1.807, 2.05) is 0 Å². The first kappa shape index (κ1) is 16.4. The monoisotopic (exact) mass is 292 g/mol. The molecule has 0 unspecified atom stereocenters. The number of carboxylic acids is 1. The topological polar surface area (TPSA) is 86.7 Å². The number of aliphatic carboxylic acids is 1. The van der Waals surface area contributed by atoms with Crippen LogP contribution in [0, 0.1) is 0 Å². The highest BCUT2D eigenvalue weighted by Gasteiger charge is 2.21. The van der Waals surface area contributed by atoms with Crippen molar-refractivity contribution in [3.8, 4) is 0 Å². The van der Waals surface area contributed by atoms with E-state index in [0.29, 0.717) is 32.5 Å². The summed E-state index contributed by atoms with van der Waals surface area (Å²) in [6.45, 7) is 1.60. The molecule has 19 heavy (non-hydrogen) atoms. The Morgan fingerprint density at radius 3 is 2.26 bits per heavy atom. The van der Waals surface area contributed by atoms with Gasteiger partial charge in [-0.05, 0) is 25.7 Å². The number of carbonyl (C=O) groups is 1. The Morgan fingerprint density at radius 2 is 1.68 bits per heavy atom. The molecule has 6 nitrogen and oxygen atoms in total. The fourth-order valence-electron chi connectivity index (χ4n) is 2.15. The molecule has 0 atom stereocenters. The highest BCUT2D eigenvalue weighted by molar-refractivity contribution is 7.87. The van der Waals surface area contributed by atoms with E-state index in [1.54, 1.807) is 0 Å². The number of carboxylic acid groups (broad SMARTS) is 1. The van der Waals surface area contributed by atoms with E-state index in [2.05, 4.69) is 4.72 Å². The number of rotatable bonds is 8. The van der Waals surface area contributed by atoms with E-state index in [-0.39, 0.29) is 6.42 Å². The molecule has 1 rings (SSSR count). The third kappa shape index (κ3) is 6.89. The maximum atomic E-state index is 12.0. The number of hydrogen-bond acceptors (Lipinski definition) is 3. The maximum absolute atomic E-state index is 12.0. The fourth-order valence-corrected chi connectivity index (χ4v) is 3.48. The largest absolute Gasteiger partial charge is 0.481 e. The standard InChI is InChI=1S/C12H24N2O4S/c15-12(16)8-4-3-5-9-13-19(17,18)14-10-6-1-2-7-11-14/h13H,1-11H2,(H,15,16). The molecular formula is C12H24N2O4S. The lowest BCUT2D eigenvalue weighted by molar-refractivity contribution is -0.137. The molecule has 112 valence electrons. The van der Waals surface area contributed by atoms with Crippen molar-refractivity contribution >= 4 is 16.2 Å². The van der Waals surface area contributed by atoms with E-state index in [1.165, 1.54) is 4.31 Å². The van der Waals surface area contributed by atoms with Gasteiger partial charge in [0.2, 0.25) is 0 Å². The van der Waals surface area contributed by atoms with Gasteiger partial charge in [0.25, 0.3) is 10.2 Å². The van der Waals surface area contributed by atoms with Crippen molar-refractivity contribution in [3.05, 3.63) is 0 Å². The molecule has 2 N–H and O–H groups in total. The van der Waals surface area contributed by atoms with Crippen LogP contribution in [0.1, 0.15) is 51.4 Å². The van der Waals surface area contributed by atoms with E-state index in [0.717, 1.165) is 32.1 Å². The van der Waals surface area contributed by atoms with E-state index >= 15 is 0 Å². The van der Waals surface area contributed by atoms with Gasteiger partial charge in [-0.25, -0.2) is 4.72 Å². The van der Waals surface area contributed by atoms with Crippen LogP contribution in [-0.4, -0.2) is 43.4 Å². The van der Waals surface area contributed by atoms with Gasteiger partial charge >= 0.3 is 5.97 Å². The van der Waals surface area contributed by atoms with Crippen molar-refractivity contribution in [1.29, 1.82) is 0 Å². The van der Waals surface area contributed by atoms with Crippen LogP contribution >= 0.6 is 0 Å². The molecular weight excluding hydrogens is 268 g/mol. The average Bonchev–Trinajstić information content (AvgIpc) is 2.62. The molecule has 1 fully saturated rings. The van der Waals surface area contributed by atoms with Crippen molar-refractivity contribution in [2.24, 2.45) is 0 Å². The Labute approximate surface area is 115 Å². The van der Waals surface area contributed by atoms with Crippen LogP contribution in [0.3, 0.4) is 0 Å². The summed E-state index contributed by atoms with van der Waals surface area (Å²) in [6.07, 6.45) is 6.22. The normalized spacial score (nSPS) is 18.1. The quantitative estimate of drug-likeness (QED) is 0.661. The van der Waals surface area contributed by atoms with Crippen molar-refractivity contribution in [2.45, 2.75) is 51.4 Å². The summed E-state index contributed by atoms with van der Waals surface area (Å²) < 4.78 is 28.1. The SMILES string of the molecule is O=C(O)CCCCCNS(=O)(=O)N1CCCCCC1. The first-order valence-electron chi connectivity index (χ1n) is 6.99. The number of nitrogens with zero attached hydrogens (tertiary/aromatic N) is 1. The Kier molecular flexibility index (Phi) is 7.33. The third-order valence-corrected chi connectivity index (χ3v) is 4.87. The van der Waals surface area contributed by atoms with Crippen LogP contribution in [0.4, 0.5) is 0 Å². The Bertz CT molecular complexity index is 362. The third-order valence-electron chi connectivity index (χ3n) is 3.26. The molecule has 0 bridgehead atoms. The minimum atomic E-state index is -3.34. The molecule has 1 heterocycles. The van der Waals surface area contributed by atoms with Gasteiger partial charge in [0.1, 0.15) is 0 Å². The summed E-state index contributed by atoms with van der Waals surface area (Å²) in [5.74, 6) is -0.801. The molecule has 0 aliphatic carbocycles. The zero-order valence-corrected chi connectivity index (χ0v) is 12.1. The van der Waals surface area contributed by atoms with Gasteiger partial charge in [-0.3, -0.25) is 4.79 Å². The summed E-state index contributed by atoms with van der Waals surface area (Å²) in [5.41, 5.74) is 0. The lowest BCUT2D eigenvalue weighted by atomic mass is 10.2. The summed E-state index contributed by atoms with van der Waals surface area (Å²) in [4.78, 5) is 10.3. The predicted octanol–water partition coefficient (Wildman–Crippen LogP) is 1.34. The van der Waals surface area contributed by atoms with Crippen molar-refractivity contribution < 1.29 is 18.3 Å². The van der Waals surface area contributed by atoms with Gasteiger partial charge in [-0.1, -0.05) is 19.3 Å². The van der Waals surface area contributed by atoms with Crippen molar-refractivity contribution in [3.63, 3.8) is 0 Å². The molecule has 0 amide bonds. The Balaban J connectivity index is 2.20. The van der Waals surface area contributed by atoms with Crippen LogP contribution in [-0.2, 0) is 15.0 Å². The zero-order valence-electron chi connectivity index (χ0n) is 11.3. The van der Waals surface area contributed by atoms with Crippen LogP contribution in [0.2, 0.25) is 0 Å². The molecule has 0 radical (unpaired) electrons. The molecule has 0 aromatic rings. The van der Waals surface area contributed by atoms with Gasteiger partial charge in [0.05, 0.1) is 0 Å². The minimum Gasteiger partial charge on any atom is -0.481 e. The summed E-state index contributed by atoms with van der Waals surface area (Å²) >= 11 is 0. The summed E-state index contributed by atoms with van der Waals surface area (Å²) in [5, 5.41) is 8.48. The molecule has 1 saturated heterocycles. The summed E-state index contributed by atoms with van der Waals surface area (Å²) in [6, 6.07) is 0. The minimum absolute atomic E-state index is 0.152. The second kappa shape index (κ2) is 8.50. The van der Waals surface area contributed by atoms with Gasteiger partial charge < -0.3 is 5.11 Å². The smallest absolute Gasteiger partial charge is 0.303 e. The molecule has 1 aliphatic heterocycles. The van der Waals surface area contributed by atoms with Crippen molar-refractivity contribution in [2.75, 3.05) is 19.6 Å². The lowest BCUT2D eigenvalue weighted by Gasteiger charge is -2.20. The van der Waals surface area contributed by atoms with E-state index < -0.39 is 16.2 Å². The first-order chi connectivity index (χ1) is 9.02. The molecule has 0 spiro atoms. The maximum Gasteiger partial charge on any atom is 0.303 e.